The summed E-state index contributed by atoms with van der Waals surface area (Å²) in [6, 6.07) is 2.91. The average Bonchev–Trinajstić information content (AvgIpc) is 2.27. The first kappa shape index (κ1) is 12.8. The summed E-state index contributed by atoms with van der Waals surface area (Å²) in [5.74, 6) is -0.522. The molecular weight excluding hydrogens is 269 g/mol. The van der Waals surface area contributed by atoms with E-state index >= 15 is 0 Å². The number of carbonyl (C=O) groups excluding carboxylic acids is 1. The topological polar surface area (TPSA) is 42.9 Å². The van der Waals surface area contributed by atoms with Crippen LogP contribution in [0, 0.1) is 0 Å². The fourth-order valence-corrected chi connectivity index (χ4v) is 1.66. The van der Waals surface area contributed by atoms with Crippen molar-refractivity contribution >= 4 is 28.3 Å². The number of benzene rings is 1. The van der Waals surface area contributed by atoms with E-state index in [9.17, 15) is 18.0 Å². The minimum atomic E-state index is -4.46. The Morgan fingerprint density at radius 1 is 1.28 bits per heavy atom. The summed E-state index contributed by atoms with van der Waals surface area (Å²) < 4.78 is 37.6. The van der Waals surface area contributed by atoms with Gasteiger partial charge in [0.2, 0.25) is 0 Å². The molecule has 94 valence electrons. The van der Waals surface area contributed by atoms with Crippen LogP contribution in [-0.2, 0) is 6.18 Å². The van der Waals surface area contributed by atoms with Gasteiger partial charge in [-0.1, -0.05) is 11.6 Å². The molecule has 2 rings (SSSR count). The van der Waals surface area contributed by atoms with Gasteiger partial charge in [-0.05, 0) is 18.2 Å². The van der Waals surface area contributed by atoms with Gasteiger partial charge in [0.05, 0.1) is 11.1 Å². The zero-order valence-corrected chi connectivity index (χ0v) is 9.80. The molecule has 7 heteroatoms. The van der Waals surface area contributed by atoms with Gasteiger partial charge in [0.15, 0.2) is 11.6 Å². The van der Waals surface area contributed by atoms with Gasteiger partial charge >= 0.3 is 6.18 Å². The van der Waals surface area contributed by atoms with Crippen LogP contribution in [0.1, 0.15) is 23.1 Å². The number of hydrogen-bond donors (Lipinski definition) is 0. The molecule has 1 aromatic heterocycles. The molecule has 0 aliphatic carbocycles. The number of fused-ring (bicyclic) bond motifs is 1. The summed E-state index contributed by atoms with van der Waals surface area (Å²) in [7, 11) is 0. The van der Waals surface area contributed by atoms with Crippen molar-refractivity contribution in [2.75, 3.05) is 0 Å². The number of Topliss-reactive ketones (excluding diaryl/α,β-unsaturated/α-hetero) is 1. The molecule has 1 heterocycles. The van der Waals surface area contributed by atoms with E-state index in [0.717, 1.165) is 18.2 Å². The van der Waals surface area contributed by atoms with E-state index in [0.29, 0.717) is 0 Å². The third-order valence-corrected chi connectivity index (χ3v) is 2.58. The summed E-state index contributed by atoms with van der Waals surface area (Å²) in [5.41, 5.74) is -0.635. The van der Waals surface area contributed by atoms with Gasteiger partial charge in [-0.3, -0.25) is 4.79 Å². The molecule has 0 amide bonds. The highest BCUT2D eigenvalue weighted by Crippen LogP contribution is 2.32. The lowest BCUT2D eigenvalue weighted by molar-refractivity contribution is -0.137. The van der Waals surface area contributed by atoms with Crippen molar-refractivity contribution in [1.29, 1.82) is 0 Å². The summed E-state index contributed by atoms with van der Waals surface area (Å²) in [5, 5.41) is -0.104. The highest BCUT2D eigenvalue weighted by Gasteiger charge is 2.30. The van der Waals surface area contributed by atoms with Crippen LogP contribution in [0.5, 0.6) is 0 Å². The second-order valence-electron chi connectivity index (χ2n) is 3.62. The Labute approximate surface area is 105 Å². The number of ketones is 1. The van der Waals surface area contributed by atoms with E-state index in [1.165, 1.54) is 6.92 Å². The van der Waals surface area contributed by atoms with Gasteiger partial charge in [0.25, 0.3) is 0 Å². The molecule has 3 nitrogen and oxygen atoms in total. The lowest BCUT2D eigenvalue weighted by atomic mass is 10.1. The number of carbonyl (C=O) groups is 1. The van der Waals surface area contributed by atoms with Crippen molar-refractivity contribution in [2.45, 2.75) is 13.1 Å². The summed E-state index contributed by atoms with van der Waals surface area (Å²) in [4.78, 5) is 18.6. The fourth-order valence-electron chi connectivity index (χ4n) is 1.42. The average molecular weight is 275 g/mol. The second kappa shape index (κ2) is 4.20. The van der Waals surface area contributed by atoms with Crippen LogP contribution in [0.4, 0.5) is 13.2 Å². The van der Waals surface area contributed by atoms with Crippen molar-refractivity contribution in [3.63, 3.8) is 0 Å². The van der Waals surface area contributed by atoms with Gasteiger partial charge in [0.1, 0.15) is 5.15 Å². The van der Waals surface area contributed by atoms with Crippen LogP contribution in [0.25, 0.3) is 10.9 Å². The van der Waals surface area contributed by atoms with Crippen LogP contribution in [0.15, 0.2) is 18.2 Å². The normalized spacial score (nSPS) is 11.8. The largest absolute Gasteiger partial charge is 0.416 e. The van der Waals surface area contributed by atoms with E-state index in [1.54, 1.807) is 0 Å². The predicted octanol–water partition coefficient (Wildman–Crippen LogP) is 3.50. The molecule has 0 atom stereocenters. The first-order valence-corrected chi connectivity index (χ1v) is 5.22. The monoisotopic (exact) mass is 274 g/mol. The Kier molecular flexibility index (Phi) is 2.98. The predicted molar refractivity (Wildman–Crippen MR) is 59.6 cm³/mol. The molecule has 0 radical (unpaired) electrons. The number of rotatable bonds is 1. The van der Waals surface area contributed by atoms with Crippen LogP contribution in [-0.4, -0.2) is 15.8 Å². The fraction of sp³-hybridized carbons (Fsp3) is 0.182. The first-order chi connectivity index (χ1) is 8.29. The molecule has 0 bridgehead atoms. The van der Waals surface area contributed by atoms with Crippen molar-refractivity contribution < 1.29 is 18.0 Å². The summed E-state index contributed by atoms with van der Waals surface area (Å²) >= 11 is 5.76. The van der Waals surface area contributed by atoms with Gasteiger partial charge in [-0.2, -0.15) is 13.2 Å². The van der Waals surface area contributed by atoms with Crippen molar-refractivity contribution in [3.05, 3.63) is 34.7 Å². The van der Waals surface area contributed by atoms with Crippen LogP contribution in [0.3, 0.4) is 0 Å². The summed E-state index contributed by atoms with van der Waals surface area (Å²) in [6.45, 7) is 1.25. The molecule has 0 spiro atoms. The van der Waals surface area contributed by atoms with Crippen molar-refractivity contribution in [1.82, 2.24) is 9.97 Å². The minimum absolute atomic E-state index is 0.0662. The number of halogens is 4. The number of nitrogens with zero attached hydrogens (tertiary/aromatic N) is 2. The van der Waals surface area contributed by atoms with Crippen LogP contribution < -0.4 is 0 Å². The Bertz CT molecular complexity index is 640. The number of alkyl halides is 3. The molecule has 2 aromatic rings. The molecule has 0 N–H and O–H groups in total. The van der Waals surface area contributed by atoms with Crippen LogP contribution >= 0.6 is 11.6 Å². The molecule has 0 fully saturated rings. The third-order valence-electron chi connectivity index (χ3n) is 2.29. The standard InChI is InChI=1S/C11H6ClF3N2O/c1-5(18)10-16-8-3-2-6(11(13,14)15)4-7(8)9(12)17-10/h2-4H,1H3. The quantitative estimate of drug-likeness (QED) is 0.590. The maximum atomic E-state index is 12.5. The molecule has 0 aliphatic rings. The van der Waals surface area contributed by atoms with Gasteiger partial charge in [-0.15, -0.1) is 0 Å². The molecular formula is C11H6ClF3N2O. The van der Waals surface area contributed by atoms with Crippen LogP contribution in [0.2, 0.25) is 5.15 Å². The third kappa shape index (κ3) is 2.28. The Hall–Kier alpha value is -1.69. The zero-order valence-electron chi connectivity index (χ0n) is 9.05. The van der Waals surface area contributed by atoms with E-state index in [1.807, 2.05) is 0 Å². The maximum Gasteiger partial charge on any atom is 0.416 e. The Balaban J connectivity index is 2.69. The highest BCUT2D eigenvalue weighted by atomic mass is 35.5. The lowest BCUT2D eigenvalue weighted by Crippen LogP contribution is -2.06. The van der Waals surface area contributed by atoms with E-state index in [2.05, 4.69) is 9.97 Å². The van der Waals surface area contributed by atoms with Gasteiger partial charge in [0, 0.05) is 12.3 Å². The minimum Gasteiger partial charge on any atom is -0.291 e. The van der Waals surface area contributed by atoms with Crippen molar-refractivity contribution in [3.8, 4) is 0 Å². The maximum absolute atomic E-state index is 12.5. The first-order valence-electron chi connectivity index (χ1n) is 4.84. The Morgan fingerprint density at radius 2 is 1.94 bits per heavy atom. The number of hydrogen-bond acceptors (Lipinski definition) is 3. The van der Waals surface area contributed by atoms with Gasteiger partial charge in [-0.25, -0.2) is 9.97 Å². The lowest BCUT2D eigenvalue weighted by Gasteiger charge is -2.08. The molecule has 0 saturated carbocycles. The second-order valence-corrected chi connectivity index (χ2v) is 3.98. The molecule has 0 saturated heterocycles. The van der Waals surface area contributed by atoms with E-state index in [-0.39, 0.29) is 21.9 Å². The van der Waals surface area contributed by atoms with E-state index in [4.69, 9.17) is 11.6 Å². The summed E-state index contributed by atoms with van der Waals surface area (Å²) in [6.07, 6.45) is -4.46. The number of aromatic nitrogens is 2. The zero-order chi connectivity index (χ0) is 13.5. The van der Waals surface area contributed by atoms with Gasteiger partial charge < -0.3 is 0 Å². The van der Waals surface area contributed by atoms with E-state index < -0.39 is 17.5 Å². The highest BCUT2D eigenvalue weighted by molar-refractivity contribution is 6.34. The SMILES string of the molecule is CC(=O)c1nc(Cl)c2cc(C(F)(F)F)ccc2n1. The Morgan fingerprint density at radius 3 is 2.50 bits per heavy atom. The van der Waals surface area contributed by atoms with Crippen molar-refractivity contribution in [2.24, 2.45) is 0 Å². The smallest absolute Gasteiger partial charge is 0.291 e. The molecule has 0 aliphatic heterocycles. The molecule has 1 aromatic carbocycles. The molecule has 0 unspecified atom stereocenters. The molecule has 18 heavy (non-hydrogen) atoms.